The molecule has 2 unspecified atom stereocenters. The Kier molecular flexibility index (Phi) is 7.82. The number of rotatable bonds is 9. The van der Waals surface area contributed by atoms with Crippen LogP contribution in [0.5, 0.6) is 0 Å². The van der Waals surface area contributed by atoms with Crippen molar-refractivity contribution in [1.82, 2.24) is 4.90 Å². The number of hydrogen-bond donors (Lipinski definition) is 1. The Hall–Kier alpha value is -0.120. The molecule has 0 aromatic carbocycles. The Bertz CT molecular complexity index is 187. The summed E-state index contributed by atoms with van der Waals surface area (Å²) in [5.41, 5.74) is 5.90. The largest absolute Gasteiger partial charge is 0.380 e. The van der Waals surface area contributed by atoms with Crippen molar-refractivity contribution in [3.63, 3.8) is 0 Å². The molecule has 102 valence electrons. The van der Waals surface area contributed by atoms with E-state index in [1.54, 1.807) is 0 Å². The van der Waals surface area contributed by atoms with E-state index in [-0.39, 0.29) is 0 Å². The number of methoxy groups -OCH3 is 1. The van der Waals surface area contributed by atoms with Crippen LogP contribution in [-0.2, 0) is 4.74 Å². The first-order valence-corrected chi connectivity index (χ1v) is 7.28. The fourth-order valence-corrected chi connectivity index (χ4v) is 2.71. The molecule has 17 heavy (non-hydrogen) atoms. The van der Waals surface area contributed by atoms with E-state index in [4.69, 9.17) is 10.5 Å². The average molecular weight is 242 g/mol. The van der Waals surface area contributed by atoms with E-state index in [1.807, 2.05) is 7.11 Å². The molecule has 0 aliphatic carbocycles. The lowest BCUT2D eigenvalue weighted by molar-refractivity contribution is 0.100. The van der Waals surface area contributed by atoms with Gasteiger partial charge < -0.3 is 10.5 Å². The molecule has 1 rings (SSSR count). The van der Waals surface area contributed by atoms with Gasteiger partial charge in [-0.1, -0.05) is 39.0 Å². The number of nitrogens with two attached hydrogens (primary N) is 1. The zero-order valence-electron chi connectivity index (χ0n) is 11.7. The highest BCUT2D eigenvalue weighted by atomic mass is 16.5. The second-order valence-corrected chi connectivity index (χ2v) is 5.23. The summed E-state index contributed by atoms with van der Waals surface area (Å²) in [7, 11) is 1.82. The third kappa shape index (κ3) is 5.36. The van der Waals surface area contributed by atoms with Crippen LogP contribution in [0.4, 0.5) is 0 Å². The Morgan fingerprint density at radius 3 is 2.65 bits per heavy atom. The molecule has 1 aliphatic heterocycles. The lowest BCUT2D eigenvalue weighted by atomic mass is 10.1. The first kappa shape index (κ1) is 14.9. The van der Waals surface area contributed by atoms with Gasteiger partial charge in [0.05, 0.1) is 6.10 Å². The third-order valence-electron chi connectivity index (χ3n) is 3.94. The van der Waals surface area contributed by atoms with Gasteiger partial charge in [-0.25, -0.2) is 0 Å². The molecule has 2 atom stereocenters. The van der Waals surface area contributed by atoms with Crippen molar-refractivity contribution in [3.8, 4) is 0 Å². The predicted octanol–water partition coefficient (Wildman–Crippen LogP) is 2.39. The average Bonchev–Trinajstić information content (AvgIpc) is 2.82. The fraction of sp³-hybridized carbons (Fsp3) is 1.00. The minimum atomic E-state index is 0.434. The summed E-state index contributed by atoms with van der Waals surface area (Å²) >= 11 is 0. The van der Waals surface area contributed by atoms with Gasteiger partial charge in [-0.15, -0.1) is 0 Å². The first-order valence-electron chi connectivity index (χ1n) is 7.28. The second-order valence-electron chi connectivity index (χ2n) is 5.23. The van der Waals surface area contributed by atoms with Gasteiger partial charge in [0.2, 0.25) is 0 Å². The standard InChI is InChI=1S/C14H30N2O/c1-3-4-5-6-7-8-13(11-15)16-10-9-14(12-16)17-2/h13-14H,3-12,15H2,1-2H3. The summed E-state index contributed by atoms with van der Waals surface area (Å²) < 4.78 is 5.41. The van der Waals surface area contributed by atoms with Gasteiger partial charge in [0.25, 0.3) is 0 Å². The SMILES string of the molecule is CCCCCCCC(CN)N1CCC(OC)C1. The summed E-state index contributed by atoms with van der Waals surface area (Å²) in [6.45, 7) is 5.30. The van der Waals surface area contributed by atoms with Gasteiger partial charge in [-0.2, -0.15) is 0 Å². The van der Waals surface area contributed by atoms with E-state index in [0.29, 0.717) is 12.1 Å². The molecule has 3 heteroatoms. The lowest BCUT2D eigenvalue weighted by Gasteiger charge is -2.26. The van der Waals surface area contributed by atoms with Crippen molar-refractivity contribution >= 4 is 0 Å². The normalized spacial score (nSPS) is 23.1. The highest BCUT2D eigenvalue weighted by molar-refractivity contribution is 4.82. The van der Waals surface area contributed by atoms with Gasteiger partial charge in [-0.3, -0.25) is 4.90 Å². The highest BCUT2D eigenvalue weighted by Gasteiger charge is 2.26. The Morgan fingerprint density at radius 2 is 2.06 bits per heavy atom. The van der Waals surface area contributed by atoms with Crippen LogP contribution in [-0.4, -0.2) is 43.8 Å². The molecule has 3 nitrogen and oxygen atoms in total. The molecule has 0 amide bonds. The Labute approximate surface area is 107 Å². The minimum Gasteiger partial charge on any atom is -0.380 e. The molecular weight excluding hydrogens is 212 g/mol. The maximum absolute atomic E-state index is 5.90. The lowest BCUT2D eigenvalue weighted by Crippen LogP contribution is -2.39. The van der Waals surface area contributed by atoms with Crippen LogP contribution in [0.1, 0.15) is 51.9 Å². The summed E-state index contributed by atoms with van der Waals surface area (Å²) in [5.74, 6) is 0. The number of likely N-dealkylation sites (tertiary alicyclic amines) is 1. The summed E-state index contributed by atoms with van der Waals surface area (Å²) in [6, 6.07) is 0.580. The minimum absolute atomic E-state index is 0.434. The number of unbranched alkanes of at least 4 members (excludes halogenated alkanes) is 4. The van der Waals surface area contributed by atoms with Gasteiger partial charge in [0, 0.05) is 32.8 Å². The van der Waals surface area contributed by atoms with Gasteiger partial charge in [0.15, 0.2) is 0 Å². The molecule has 0 spiro atoms. The number of hydrogen-bond acceptors (Lipinski definition) is 3. The maximum Gasteiger partial charge on any atom is 0.0710 e. The molecule has 1 aliphatic rings. The first-order chi connectivity index (χ1) is 8.31. The van der Waals surface area contributed by atoms with E-state index in [2.05, 4.69) is 11.8 Å². The van der Waals surface area contributed by atoms with E-state index in [1.165, 1.54) is 44.9 Å². The topological polar surface area (TPSA) is 38.5 Å². The predicted molar refractivity (Wildman–Crippen MR) is 73.2 cm³/mol. The van der Waals surface area contributed by atoms with Crippen LogP contribution in [0.3, 0.4) is 0 Å². The van der Waals surface area contributed by atoms with Crippen LogP contribution in [0, 0.1) is 0 Å². The quantitative estimate of drug-likeness (QED) is 0.631. The monoisotopic (exact) mass is 242 g/mol. The molecular formula is C14H30N2O. The van der Waals surface area contributed by atoms with Crippen molar-refractivity contribution in [2.45, 2.75) is 64.0 Å². The van der Waals surface area contributed by atoms with E-state index < -0.39 is 0 Å². The molecule has 1 heterocycles. The van der Waals surface area contributed by atoms with Crippen LogP contribution >= 0.6 is 0 Å². The summed E-state index contributed by atoms with van der Waals surface area (Å²) in [4.78, 5) is 2.52. The molecule has 0 aromatic heterocycles. The highest BCUT2D eigenvalue weighted by Crippen LogP contribution is 2.18. The van der Waals surface area contributed by atoms with Crippen LogP contribution in [0.2, 0.25) is 0 Å². The number of ether oxygens (including phenoxy) is 1. The molecule has 1 fully saturated rings. The van der Waals surface area contributed by atoms with Gasteiger partial charge >= 0.3 is 0 Å². The van der Waals surface area contributed by atoms with Crippen molar-refractivity contribution in [2.75, 3.05) is 26.7 Å². The van der Waals surface area contributed by atoms with Crippen LogP contribution in [0.15, 0.2) is 0 Å². The third-order valence-corrected chi connectivity index (χ3v) is 3.94. The number of nitrogens with zero attached hydrogens (tertiary/aromatic N) is 1. The van der Waals surface area contributed by atoms with Crippen molar-refractivity contribution in [3.05, 3.63) is 0 Å². The van der Waals surface area contributed by atoms with E-state index in [0.717, 1.165) is 19.6 Å². The Balaban J connectivity index is 2.15. The van der Waals surface area contributed by atoms with Crippen molar-refractivity contribution in [2.24, 2.45) is 5.73 Å². The smallest absolute Gasteiger partial charge is 0.0710 e. The van der Waals surface area contributed by atoms with Gasteiger partial charge in [-0.05, 0) is 12.8 Å². The van der Waals surface area contributed by atoms with Gasteiger partial charge in [0.1, 0.15) is 0 Å². The molecule has 0 aromatic rings. The summed E-state index contributed by atoms with van der Waals surface area (Å²) in [5, 5.41) is 0. The van der Waals surface area contributed by atoms with Crippen LogP contribution < -0.4 is 5.73 Å². The molecule has 0 bridgehead atoms. The maximum atomic E-state index is 5.90. The zero-order chi connectivity index (χ0) is 12.5. The molecule has 0 saturated carbocycles. The van der Waals surface area contributed by atoms with Crippen molar-refractivity contribution < 1.29 is 4.74 Å². The summed E-state index contributed by atoms with van der Waals surface area (Å²) in [6.07, 6.45) is 9.64. The Morgan fingerprint density at radius 1 is 1.29 bits per heavy atom. The van der Waals surface area contributed by atoms with E-state index >= 15 is 0 Å². The zero-order valence-corrected chi connectivity index (χ0v) is 11.7. The molecule has 1 saturated heterocycles. The molecule has 0 radical (unpaired) electrons. The fourth-order valence-electron chi connectivity index (χ4n) is 2.71. The molecule has 2 N–H and O–H groups in total. The second kappa shape index (κ2) is 8.90. The van der Waals surface area contributed by atoms with Crippen LogP contribution in [0.25, 0.3) is 0 Å². The van der Waals surface area contributed by atoms with Crippen molar-refractivity contribution in [1.29, 1.82) is 0 Å². The van der Waals surface area contributed by atoms with E-state index in [9.17, 15) is 0 Å².